The van der Waals surface area contributed by atoms with Crippen molar-refractivity contribution >= 4 is 39.4 Å². The van der Waals surface area contributed by atoms with Gasteiger partial charge in [0.05, 0.1) is 10.5 Å². The summed E-state index contributed by atoms with van der Waals surface area (Å²) >= 11 is 7.56. The van der Waals surface area contributed by atoms with Gasteiger partial charge in [-0.05, 0) is 43.2 Å². The van der Waals surface area contributed by atoms with Crippen molar-refractivity contribution in [3.05, 3.63) is 28.3 Å². The van der Waals surface area contributed by atoms with Crippen LogP contribution in [0.4, 0.5) is 0 Å². The molecule has 0 aromatic heterocycles. The lowest BCUT2D eigenvalue weighted by atomic mass is 10.1. The van der Waals surface area contributed by atoms with Crippen LogP contribution in [0, 0.1) is 6.92 Å². The third-order valence-corrected chi connectivity index (χ3v) is 6.41. The number of hydrogen-bond donors (Lipinski definition) is 2. The van der Waals surface area contributed by atoms with Crippen molar-refractivity contribution in [1.82, 2.24) is 4.72 Å². The first-order valence-corrected chi connectivity index (χ1v) is 9.46. The lowest BCUT2D eigenvalue weighted by Crippen LogP contribution is -2.38. The summed E-state index contributed by atoms with van der Waals surface area (Å²) in [6.07, 6.45) is 1.75. The predicted molar refractivity (Wildman–Crippen MR) is 83.8 cm³/mol. The number of benzene rings is 1. The maximum atomic E-state index is 12.5. The molecular formula is C13H16ClNO4S2. The molecule has 0 saturated carbocycles. The van der Waals surface area contributed by atoms with Crippen molar-refractivity contribution in [3.63, 3.8) is 0 Å². The quantitative estimate of drug-likeness (QED) is 0.872. The number of hydrogen-bond acceptors (Lipinski definition) is 4. The van der Waals surface area contributed by atoms with Crippen LogP contribution in [0.15, 0.2) is 17.0 Å². The molecule has 1 unspecified atom stereocenters. The van der Waals surface area contributed by atoms with Crippen molar-refractivity contribution in [2.75, 3.05) is 11.5 Å². The van der Waals surface area contributed by atoms with Gasteiger partial charge < -0.3 is 5.11 Å². The van der Waals surface area contributed by atoms with Crippen LogP contribution in [-0.2, 0) is 10.0 Å². The molecule has 0 bridgehead atoms. The van der Waals surface area contributed by atoms with Gasteiger partial charge in [-0.25, -0.2) is 17.9 Å². The Bertz CT molecular complexity index is 654. The van der Waals surface area contributed by atoms with Crippen LogP contribution in [-0.4, -0.2) is 37.0 Å². The van der Waals surface area contributed by atoms with E-state index < -0.39 is 16.0 Å². The molecule has 1 fully saturated rings. The molecule has 2 N–H and O–H groups in total. The van der Waals surface area contributed by atoms with E-state index in [0.717, 1.165) is 24.3 Å². The Kier molecular flexibility index (Phi) is 5.19. The molecule has 1 heterocycles. The Morgan fingerprint density at radius 1 is 1.48 bits per heavy atom. The second-order valence-electron chi connectivity index (χ2n) is 4.92. The maximum Gasteiger partial charge on any atom is 0.336 e. The summed E-state index contributed by atoms with van der Waals surface area (Å²) in [7, 11) is -3.78. The monoisotopic (exact) mass is 349 g/mol. The number of sulfonamides is 1. The summed E-state index contributed by atoms with van der Waals surface area (Å²) in [5.41, 5.74) is 0.101. The number of rotatable bonds is 4. The average Bonchev–Trinajstić information content (AvgIpc) is 2.41. The largest absolute Gasteiger partial charge is 0.478 e. The topological polar surface area (TPSA) is 83.5 Å². The molecule has 1 aromatic rings. The highest BCUT2D eigenvalue weighted by Crippen LogP contribution is 2.26. The second-order valence-corrected chi connectivity index (χ2v) is 8.19. The Morgan fingerprint density at radius 3 is 2.76 bits per heavy atom. The van der Waals surface area contributed by atoms with Crippen LogP contribution in [0.25, 0.3) is 0 Å². The van der Waals surface area contributed by atoms with E-state index in [1.807, 2.05) is 0 Å². The Balaban J connectivity index is 2.37. The van der Waals surface area contributed by atoms with Crippen molar-refractivity contribution in [3.8, 4) is 0 Å². The maximum absolute atomic E-state index is 12.5. The van der Waals surface area contributed by atoms with Gasteiger partial charge in [0, 0.05) is 16.8 Å². The third kappa shape index (κ3) is 3.91. The van der Waals surface area contributed by atoms with Gasteiger partial charge in [-0.15, -0.1) is 0 Å². The van der Waals surface area contributed by atoms with Crippen LogP contribution in [0.2, 0.25) is 5.02 Å². The third-order valence-electron chi connectivity index (χ3n) is 3.33. The number of carboxylic acid groups (broad SMARTS) is 1. The van der Waals surface area contributed by atoms with Gasteiger partial charge in [-0.3, -0.25) is 0 Å². The normalized spacial score (nSPS) is 19.4. The summed E-state index contributed by atoms with van der Waals surface area (Å²) in [5, 5.41) is 9.22. The summed E-state index contributed by atoms with van der Waals surface area (Å²) in [4.78, 5) is 11.1. The predicted octanol–water partition coefficient (Wildman–Crippen LogP) is 2.52. The standard InChI is InChI=1S/C13H16ClNO4S2/c1-8-11(13(16)17)5-9(14)6-12(8)21(18,19)15-10-3-2-4-20-7-10/h5-6,10,15H,2-4,7H2,1H3,(H,16,17). The minimum Gasteiger partial charge on any atom is -0.478 e. The van der Waals surface area contributed by atoms with Gasteiger partial charge >= 0.3 is 5.97 Å². The van der Waals surface area contributed by atoms with Crippen LogP contribution in [0.1, 0.15) is 28.8 Å². The number of nitrogens with one attached hydrogen (secondary N) is 1. The fraction of sp³-hybridized carbons (Fsp3) is 0.462. The zero-order valence-corrected chi connectivity index (χ0v) is 13.8. The molecule has 5 nitrogen and oxygen atoms in total. The fourth-order valence-electron chi connectivity index (χ4n) is 2.27. The molecule has 1 aliphatic heterocycles. The lowest BCUT2D eigenvalue weighted by molar-refractivity contribution is 0.0696. The molecule has 2 rings (SSSR count). The molecule has 1 aromatic carbocycles. The van der Waals surface area contributed by atoms with E-state index in [4.69, 9.17) is 16.7 Å². The molecule has 1 saturated heterocycles. The highest BCUT2D eigenvalue weighted by atomic mass is 35.5. The average molecular weight is 350 g/mol. The van der Waals surface area contributed by atoms with E-state index in [9.17, 15) is 13.2 Å². The molecule has 0 aliphatic carbocycles. The summed E-state index contributed by atoms with van der Waals surface area (Å²) < 4.78 is 27.6. The fourth-order valence-corrected chi connectivity index (χ4v) is 5.29. The molecule has 1 aliphatic rings. The first-order chi connectivity index (χ1) is 9.81. The van der Waals surface area contributed by atoms with E-state index in [1.165, 1.54) is 19.1 Å². The molecule has 1 atom stereocenters. The molecular weight excluding hydrogens is 334 g/mol. The van der Waals surface area contributed by atoms with Gasteiger partial charge in [0.2, 0.25) is 10.0 Å². The van der Waals surface area contributed by atoms with Crippen molar-refractivity contribution in [2.24, 2.45) is 0 Å². The molecule has 21 heavy (non-hydrogen) atoms. The van der Waals surface area contributed by atoms with E-state index >= 15 is 0 Å². The Morgan fingerprint density at radius 2 is 2.19 bits per heavy atom. The lowest BCUT2D eigenvalue weighted by Gasteiger charge is -2.23. The van der Waals surface area contributed by atoms with E-state index in [2.05, 4.69) is 4.72 Å². The first-order valence-electron chi connectivity index (χ1n) is 6.45. The number of thioether (sulfide) groups is 1. The van der Waals surface area contributed by atoms with Crippen molar-refractivity contribution in [2.45, 2.75) is 30.7 Å². The Labute approximate surface area is 133 Å². The van der Waals surface area contributed by atoms with Gasteiger partial charge in [-0.1, -0.05) is 11.6 Å². The molecule has 0 radical (unpaired) electrons. The molecule has 0 spiro atoms. The van der Waals surface area contributed by atoms with Crippen LogP contribution >= 0.6 is 23.4 Å². The van der Waals surface area contributed by atoms with Crippen LogP contribution < -0.4 is 4.72 Å². The second kappa shape index (κ2) is 6.56. The highest BCUT2D eigenvalue weighted by Gasteiger charge is 2.26. The minimum atomic E-state index is -3.78. The smallest absolute Gasteiger partial charge is 0.336 e. The number of halogens is 1. The SMILES string of the molecule is Cc1c(C(=O)O)cc(Cl)cc1S(=O)(=O)NC1CCCSC1. The van der Waals surface area contributed by atoms with E-state index in [-0.39, 0.29) is 27.1 Å². The van der Waals surface area contributed by atoms with E-state index in [1.54, 1.807) is 11.8 Å². The minimum absolute atomic E-state index is 0.0667. The van der Waals surface area contributed by atoms with Crippen molar-refractivity contribution in [1.29, 1.82) is 0 Å². The van der Waals surface area contributed by atoms with Gasteiger partial charge in [0.15, 0.2) is 0 Å². The van der Waals surface area contributed by atoms with Gasteiger partial charge in [0.25, 0.3) is 0 Å². The van der Waals surface area contributed by atoms with Crippen LogP contribution in [0.5, 0.6) is 0 Å². The number of carboxylic acids is 1. The van der Waals surface area contributed by atoms with Crippen molar-refractivity contribution < 1.29 is 18.3 Å². The Hall–Kier alpha value is -0.760. The number of aromatic carboxylic acids is 1. The molecule has 116 valence electrons. The van der Waals surface area contributed by atoms with Crippen LogP contribution in [0.3, 0.4) is 0 Å². The summed E-state index contributed by atoms with van der Waals surface area (Å²) in [6, 6.07) is 2.43. The highest BCUT2D eigenvalue weighted by molar-refractivity contribution is 7.99. The zero-order chi connectivity index (χ0) is 15.6. The molecule has 8 heteroatoms. The van der Waals surface area contributed by atoms with Gasteiger partial charge in [0.1, 0.15) is 0 Å². The summed E-state index contributed by atoms with van der Waals surface area (Å²) in [6.45, 7) is 1.48. The molecule has 0 amide bonds. The zero-order valence-electron chi connectivity index (χ0n) is 11.4. The number of carbonyl (C=O) groups is 1. The van der Waals surface area contributed by atoms with E-state index in [0.29, 0.717) is 0 Å². The first kappa shape index (κ1) is 16.6. The van der Waals surface area contributed by atoms with Gasteiger partial charge in [-0.2, -0.15) is 11.8 Å². The summed E-state index contributed by atoms with van der Waals surface area (Å²) in [5.74, 6) is 0.571.